The van der Waals surface area contributed by atoms with Crippen molar-refractivity contribution in [2.45, 2.75) is 46.1 Å². The van der Waals surface area contributed by atoms with Crippen molar-refractivity contribution in [3.63, 3.8) is 0 Å². The normalized spacial score (nSPS) is 13.2. The maximum atomic E-state index is 13.0. The molecule has 0 aromatic heterocycles. The van der Waals surface area contributed by atoms with Crippen molar-refractivity contribution in [2.75, 3.05) is 18.1 Å². The predicted molar refractivity (Wildman–Crippen MR) is 111 cm³/mol. The molecule has 1 aliphatic heterocycles. The second kappa shape index (κ2) is 8.91. The zero-order chi connectivity index (χ0) is 20.1. The lowest BCUT2D eigenvalue weighted by atomic mass is 9.95. The number of benzene rings is 2. The first kappa shape index (κ1) is 19.9. The van der Waals surface area contributed by atoms with Crippen LogP contribution in [0, 0.1) is 0 Å². The fourth-order valence-corrected chi connectivity index (χ4v) is 3.58. The number of nitrogens with one attached hydrogen (secondary N) is 1. The third-order valence-corrected chi connectivity index (χ3v) is 4.81. The van der Waals surface area contributed by atoms with Gasteiger partial charge in [0.25, 0.3) is 5.91 Å². The summed E-state index contributed by atoms with van der Waals surface area (Å²) in [4.78, 5) is 27.4. The van der Waals surface area contributed by atoms with Crippen LogP contribution in [-0.4, -0.2) is 31.0 Å². The van der Waals surface area contributed by atoms with Crippen LogP contribution in [0.25, 0.3) is 0 Å². The van der Waals surface area contributed by atoms with E-state index < -0.39 is 0 Å². The standard InChI is InChI=1S/C23H28N2O3/c1-4-28-18-12-10-17(11-13-18)15-22(26)25-14-6-8-19-20(7-5-9-21(19)25)23(27)24-16(2)3/h5,7,9-13,16H,4,6,8,14-15H2,1-3H3,(H,24,27). The highest BCUT2D eigenvalue weighted by molar-refractivity contribution is 6.01. The molecule has 3 rings (SSSR count). The second-order valence-electron chi connectivity index (χ2n) is 7.33. The van der Waals surface area contributed by atoms with E-state index >= 15 is 0 Å². The number of rotatable bonds is 6. The minimum absolute atomic E-state index is 0.0477. The van der Waals surface area contributed by atoms with Gasteiger partial charge in [0.2, 0.25) is 5.91 Å². The van der Waals surface area contributed by atoms with Crippen molar-refractivity contribution in [1.82, 2.24) is 5.32 Å². The van der Waals surface area contributed by atoms with Crippen LogP contribution in [-0.2, 0) is 17.6 Å². The highest BCUT2D eigenvalue weighted by Crippen LogP contribution is 2.30. The van der Waals surface area contributed by atoms with Crippen LogP contribution < -0.4 is 15.0 Å². The van der Waals surface area contributed by atoms with Crippen LogP contribution in [0.2, 0.25) is 0 Å². The van der Waals surface area contributed by atoms with E-state index in [4.69, 9.17) is 4.74 Å². The highest BCUT2D eigenvalue weighted by atomic mass is 16.5. The van der Waals surface area contributed by atoms with Gasteiger partial charge in [-0.15, -0.1) is 0 Å². The molecular weight excluding hydrogens is 352 g/mol. The first-order valence-electron chi connectivity index (χ1n) is 9.94. The van der Waals surface area contributed by atoms with Gasteiger partial charge in [0.15, 0.2) is 0 Å². The molecule has 0 spiro atoms. The molecule has 0 aliphatic carbocycles. The zero-order valence-corrected chi connectivity index (χ0v) is 16.8. The molecule has 1 aliphatic rings. The molecule has 2 aromatic rings. The summed E-state index contributed by atoms with van der Waals surface area (Å²) in [5, 5.41) is 2.95. The van der Waals surface area contributed by atoms with Crippen molar-refractivity contribution in [3.05, 3.63) is 59.2 Å². The number of fused-ring (bicyclic) bond motifs is 1. The molecule has 5 nitrogen and oxygen atoms in total. The first-order chi connectivity index (χ1) is 13.5. The Kier molecular flexibility index (Phi) is 6.34. The number of carbonyl (C=O) groups is 2. The van der Waals surface area contributed by atoms with E-state index in [-0.39, 0.29) is 17.9 Å². The Hall–Kier alpha value is -2.82. The molecule has 0 saturated carbocycles. The number of hydrogen-bond acceptors (Lipinski definition) is 3. The lowest BCUT2D eigenvalue weighted by molar-refractivity contribution is -0.118. The zero-order valence-electron chi connectivity index (χ0n) is 16.8. The summed E-state index contributed by atoms with van der Waals surface area (Å²) in [7, 11) is 0. The van der Waals surface area contributed by atoms with E-state index in [1.807, 2.05) is 68.1 Å². The number of amides is 2. The van der Waals surface area contributed by atoms with Crippen molar-refractivity contribution in [2.24, 2.45) is 0 Å². The Balaban J connectivity index is 1.79. The average molecular weight is 380 g/mol. The molecular formula is C23H28N2O3. The van der Waals surface area contributed by atoms with Gasteiger partial charge in [0.1, 0.15) is 5.75 Å². The molecule has 0 bridgehead atoms. The third-order valence-electron chi connectivity index (χ3n) is 4.81. The van der Waals surface area contributed by atoms with Gasteiger partial charge in [-0.05, 0) is 69.0 Å². The van der Waals surface area contributed by atoms with Crippen LogP contribution in [0.1, 0.15) is 48.7 Å². The number of hydrogen-bond donors (Lipinski definition) is 1. The largest absolute Gasteiger partial charge is 0.494 e. The van der Waals surface area contributed by atoms with E-state index in [0.29, 0.717) is 25.1 Å². The Labute approximate surface area is 166 Å². The fourth-order valence-electron chi connectivity index (χ4n) is 3.58. The smallest absolute Gasteiger partial charge is 0.251 e. The lowest BCUT2D eigenvalue weighted by Crippen LogP contribution is -2.38. The summed E-state index contributed by atoms with van der Waals surface area (Å²) < 4.78 is 5.46. The number of anilines is 1. The summed E-state index contributed by atoms with van der Waals surface area (Å²) in [5.41, 5.74) is 3.45. The van der Waals surface area contributed by atoms with E-state index in [2.05, 4.69) is 5.32 Å². The van der Waals surface area contributed by atoms with E-state index in [1.54, 1.807) is 0 Å². The van der Waals surface area contributed by atoms with E-state index in [0.717, 1.165) is 35.4 Å². The molecule has 0 radical (unpaired) electrons. The molecule has 2 amide bonds. The van der Waals surface area contributed by atoms with Gasteiger partial charge >= 0.3 is 0 Å². The van der Waals surface area contributed by atoms with Crippen molar-refractivity contribution >= 4 is 17.5 Å². The van der Waals surface area contributed by atoms with Crippen LogP contribution in [0.4, 0.5) is 5.69 Å². The van der Waals surface area contributed by atoms with Crippen molar-refractivity contribution < 1.29 is 14.3 Å². The van der Waals surface area contributed by atoms with Crippen LogP contribution >= 0.6 is 0 Å². The molecule has 2 aromatic carbocycles. The molecule has 1 heterocycles. The monoisotopic (exact) mass is 380 g/mol. The van der Waals surface area contributed by atoms with Gasteiger partial charge in [-0.1, -0.05) is 18.2 Å². The minimum Gasteiger partial charge on any atom is -0.494 e. The quantitative estimate of drug-likeness (QED) is 0.830. The topological polar surface area (TPSA) is 58.6 Å². The average Bonchev–Trinajstić information content (AvgIpc) is 2.68. The second-order valence-corrected chi connectivity index (χ2v) is 7.33. The van der Waals surface area contributed by atoms with Crippen molar-refractivity contribution in [3.8, 4) is 5.75 Å². The Morgan fingerprint density at radius 1 is 1.14 bits per heavy atom. The van der Waals surface area contributed by atoms with Crippen LogP contribution in [0.15, 0.2) is 42.5 Å². The number of nitrogens with zero attached hydrogens (tertiary/aromatic N) is 1. The predicted octanol–water partition coefficient (Wildman–Crippen LogP) is 3.75. The fraction of sp³-hybridized carbons (Fsp3) is 0.391. The van der Waals surface area contributed by atoms with E-state index in [9.17, 15) is 9.59 Å². The summed E-state index contributed by atoms with van der Waals surface area (Å²) in [6.07, 6.45) is 1.99. The van der Waals surface area contributed by atoms with Gasteiger partial charge < -0.3 is 15.0 Å². The van der Waals surface area contributed by atoms with Gasteiger partial charge in [-0.25, -0.2) is 0 Å². The van der Waals surface area contributed by atoms with Crippen LogP contribution in [0.3, 0.4) is 0 Å². The lowest BCUT2D eigenvalue weighted by Gasteiger charge is -2.31. The Bertz CT molecular complexity index is 843. The summed E-state index contributed by atoms with van der Waals surface area (Å²) in [5.74, 6) is 0.780. The van der Waals surface area contributed by atoms with Crippen molar-refractivity contribution in [1.29, 1.82) is 0 Å². The highest BCUT2D eigenvalue weighted by Gasteiger charge is 2.26. The molecule has 0 saturated heterocycles. The molecule has 0 unspecified atom stereocenters. The first-order valence-corrected chi connectivity index (χ1v) is 9.94. The third kappa shape index (κ3) is 4.53. The minimum atomic E-state index is -0.0762. The molecule has 148 valence electrons. The molecule has 0 fully saturated rings. The van der Waals surface area contributed by atoms with Gasteiger partial charge in [-0.2, -0.15) is 0 Å². The number of carbonyl (C=O) groups excluding carboxylic acids is 2. The van der Waals surface area contributed by atoms with Gasteiger partial charge in [0.05, 0.1) is 13.0 Å². The Morgan fingerprint density at radius 2 is 1.89 bits per heavy atom. The number of ether oxygens (including phenoxy) is 1. The maximum Gasteiger partial charge on any atom is 0.251 e. The SMILES string of the molecule is CCOc1ccc(CC(=O)N2CCCc3c(C(=O)NC(C)C)cccc32)cc1. The summed E-state index contributed by atoms with van der Waals surface area (Å²) in [6, 6.07) is 13.4. The molecule has 0 atom stereocenters. The van der Waals surface area contributed by atoms with Gasteiger partial charge in [0, 0.05) is 23.8 Å². The Morgan fingerprint density at radius 3 is 2.57 bits per heavy atom. The summed E-state index contributed by atoms with van der Waals surface area (Å²) in [6.45, 7) is 7.13. The molecule has 5 heteroatoms. The van der Waals surface area contributed by atoms with E-state index in [1.165, 1.54) is 0 Å². The summed E-state index contributed by atoms with van der Waals surface area (Å²) >= 11 is 0. The van der Waals surface area contributed by atoms with Crippen LogP contribution in [0.5, 0.6) is 5.75 Å². The van der Waals surface area contributed by atoms with Gasteiger partial charge in [-0.3, -0.25) is 9.59 Å². The molecule has 28 heavy (non-hydrogen) atoms. The maximum absolute atomic E-state index is 13.0. The molecule has 1 N–H and O–H groups in total.